The van der Waals surface area contributed by atoms with Crippen molar-refractivity contribution in [3.63, 3.8) is 0 Å². The number of carbonyl (C=O) groups is 1. The molecule has 1 fully saturated rings. The van der Waals surface area contributed by atoms with Gasteiger partial charge in [0, 0.05) is 40.4 Å². The third-order valence-electron chi connectivity index (χ3n) is 6.46. The van der Waals surface area contributed by atoms with E-state index < -0.39 is 11.3 Å². The molecule has 1 aliphatic carbocycles. The van der Waals surface area contributed by atoms with Crippen molar-refractivity contribution in [2.75, 3.05) is 5.73 Å². The van der Waals surface area contributed by atoms with Gasteiger partial charge in [-0.3, -0.25) is 4.79 Å². The van der Waals surface area contributed by atoms with E-state index in [1.807, 2.05) is 18.3 Å². The summed E-state index contributed by atoms with van der Waals surface area (Å²) in [6.07, 6.45) is 5.25. The van der Waals surface area contributed by atoms with Crippen LogP contribution in [0, 0.1) is 17.7 Å². The molecule has 1 aromatic carbocycles. The molecule has 0 aliphatic heterocycles. The average molecular weight is 379 g/mol. The van der Waals surface area contributed by atoms with Crippen molar-refractivity contribution in [1.29, 1.82) is 0 Å². The molecule has 2 heterocycles. The third-order valence-corrected chi connectivity index (χ3v) is 6.46. The molecule has 0 saturated heterocycles. The highest BCUT2D eigenvalue weighted by atomic mass is 19.1. The summed E-state index contributed by atoms with van der Waals surface area (Å²) in [6, 6.07) is 8.44. The van der Waals surface area contributed by atoms with Gasteiger partial charge in [-0.1, -0.05) is 20.8 Å². The lowest BCUT2D eigenvalue weighted by Gasteiger charge is -2.45. The fraction of sp³-hybridized carbons (Fsp3) is 0.391. The number of fused-ring (bicyclic) bond motifs is 1. The number of Topliss-reactive ketones (excluding diaryl/α,β-unsaturated/α-hetero) is 1. The number of benzene rings is 1. The molecule has 146 valence electrons. The summed E-state index contributed by atoms with van der Waals surface area (Å²) < 4.78 is 14.9. The van der Waals surface area contributed by atoms with Crippen molar-refractivity contribution in [2.45, 2.75) is 44.9 Å². The van der Waals surface area contributed by atoms with Crippen LogP contribution in [0.3, 0.4) is 0 Å². The summed E-state index contributed by atoms with van der Waals surface area (Å²) in [6.45, 7) is 6.20. The first-order chi connectivity index (χ1) is 13.3. The van der Waals surface area contributed by atoms with Crippen LogP contribution < -0.4 is 5.73 Å². The first kappa shape index (κ1) is 18.7. The Morgan fingerprint density at radius 3 is 2.86 bits per heavy atom. The Labute approximate surface area is 164 Å². The standard InChI is InChI=1S/C23H26FN3O/c1-13(2)15-8-9-23(3,18-12-27-22-16(18)5-4-10-26-22)20(21(15)28)17-11-14(25)6-7-19(17)24/h4-7,10-13,15,20H,8-9,25H2,1-3H3,(H,26,27). The number of H-pyrrole nitrogens is 1. The Morgan fingerprint density at radius 2 is 2.11 bits per heavy atom. The van der Waals surface area contributed by atoms with E-state index in [1.54, 1.807) is 18.3 Å². The minimum atomic E-state index is -0.587. The van der Waals surface area contributed by atoms with Gasteiger partial charge in [0.25, 0.3) is 0 Å². The number of rotatable bonds is 3. The average Bonchev–Trinajstić information content (AvgIpc) is 3.09. The molecule has 1 aliphatic rings. The fourth-order valence-corrected chi connectivity index (χ4v) is 4.93. The Balaban J connectivity index is 1.94. The Bertz CT molecular complexity index is 1040. The third kappa shape index (κ3) is 2.81. The lowest BCUT2D eigenvalue weighted by Crippen LogP contribution is -2.45. The molecule has 5 heteroatoms. The van der Waals surface area contributed by atoms with Crippen LogP contribution in [0.4, 0.5) is 10.1 Å². The number of halogens is 1. The number of nitrogen functional groups attached to an aromatic ring is 1. The van der Waals surface area contributed by atoms with E-state index in [1.165, 1.54) is 6.07 Å². The van der Waals surface area contributed by atoms with Gasteiger partial charge < -0.3 is 10.7 Å². The summed E-state index contributed by atoms with van der Waals surface area (Å²) in [5.74, 6) is -0.723. The Hall–Kier alpha value is -2.69. The summed E-state index contributed by atoms with van der Waals surface area (Å²) in [5.41, 5.74) is 8.10. The molecule has 0 bridgehead atoms. The summed E-state index contributed by atoms with van der Waals surface area (Å²) in [7, 11) is 0. The molecule has 3 atom stereocenters. The zero-order valence-electron chi connectivity index (χ0n) is 16.5. The van der Waals surface area contributed by atoms with Crippen LogP contribution in [0.25, 0.3) is 11.0 Å². The SMILES string of the molecule is CC(C)C1CCC(C)(c2c[nH]c3ncccc23)C(c2cc(N)ccc2F)C1=O. The van der Waals surface area contributed by atoms with Crippen LogP contribution in [0.1, 0.15) is 50.7 Å². The van der Waals surface area contributed by atoms with E-state index in [4.69, 9.17) is 5.73 Å². The van der Waals surface area contributed by atoms with Gasteiger partial charge >= 0.3 is 0 Å². The van der Waals surface area contributed by atoms with E-state index in [2.05, 4.69) is 30.7 Å². The topological polar surface area (TPSA) is 71.8 Å². The zero-order chi connectivity index (χ0) is 20.1. The van der Waals surface area contributed by atoms with Crippen LogP contribution in [0.2, 0.25) is 0 Å². The molecule has 3 unspecified atom stereocenters. The maximum absolute atomic E-state index is 14.9. The molecule has 1 saturated carbocycles. The van der Waals surface area contributed by atoms with Crippen LogP contribution in [-0.2, 0) is 10.2 Å². The molecule has 3 aromatic rings. The number of hydrogen-bond acceptors (Lipinski definition) is 3. The molecule has 2 aromatic heterocycles. The van der Waals surface area contributed by atoms with Crippen LogP contribution in [-0.4, -0.2) is 15.8 Å². The smallest absolute Gasteiger partial charge is 0.144 e. The number of nitrogens with one attached hydrogen (secondary N) is 1. The normalized spacial score (nSPS) is 25.5. The minimum absolute atomic E-state index is 0.0813. The number of nitrogens with two attached hydrogens (primary N) is 1. The van der Waals surface area contributed by atoms with Gasteiger partial charge in [0.15, 0.2) is 0 Å². The molecule has 0 spiro atoms. The number of aromatic amines is 1. The van der Waals surface area contributed by atoms with Crippen molar-refractivity contribution in [3.05, 3.63) is 59.7 Å². The first-order valence-electron chi connectivity index (χ1n) is 9.84. The van der Waals surface area contributed by atoms with Crippen LogP contribution >= 0.6 is 0 Å². The maximum atomic E-state index is 14.9. The minimum Gasteiger partial charge on any atom is -0.399 e. The van der Waals surface area contributed by atoms with E-state index >= 15 is 0 Å². The number of ketones is 1. The quantitative estimate of drug-likeness (QED) is 0.632. The number of anilines is 1. The largest absolute Gasteiger partial charge is 0.399 e. The molecular weight excluding hydrogens is 353 g/mol. The predicted octanol–water partition coefficient (Wildman–Crippen LogP) is 4.96. The first-order valence-corrected chi connectivity index (χ1v) is 9.84. The summed E-state index contributed by atoms with van der Waals surface area (Å²) >= 11 is 0. The van der Waals surface area contributed by atoms with Gasteiger partial charge in [0.2, 0.25) is 0 Å². The number of aromatic nitrogens is 2. The van der Waals surface area contributed by atoms with Crippen molar-refractivity contribution >= 4 is 22.5 Å². The Kier molecular flexibility index (Phi) is 4.48. The molecule has 0 radical (unpaired) electrons. The highest BCUT2D eigenvalue weighted by Crippen LogP contribution is 2.52. The van der Waals surface area contributed by atoms with Gasteiger partial charge in [0.1, 0.15) is 17.2 Å². The lowest BCUT2D eigenvalue weighted by molar-refractivity contribution is -0.130. The van der Waals surface area contributed by atoms with Crippen molar-refractivity contribution in [2.24, 2.45) is 11.8 Å². The monoisotopic (exact) mass is 379 g/mol. The number of nitrogens with zero attached hydrogens (tertiary/aromatic N) is 1. The fourth-order valence-electron chi connectivity index (χ4n) is 4.93. The maximum Gasteiger partial charge on any atom is 0.144 e. The van der Waals surface area contributed by atoms with E-state index in [9.17, 15) is 9.18 Å². The van der Waals surface area contributed by atoms with Crippen molar-refractivity contribution < 1.29 is 9.18 Å². The number of carbonyl (C=O) groups excluding carboxylic acids is 1. The zero-order valence-corrected chi connectivity index (χ0v) is 16.5. The summed E-state index contributed by atoms with van der Waals surface area (Å²) in [5, 5.41) is 0.982. The van der Waals surface area contributed by atoms with Gasteiger partial charge in [0.05, 0.1) is 5.92 Å². The second-order valence-electron chi connectivity index (χ2n) is 8.52. The molecule has 28 heavy (non-hydrogen) atoms. The van der Waals surface area contributed by atoms with Gasteiger partial charge in [-0.15, -0.1) is 0 Å². The van der Waals surface area contributed by atoms with Gasteiger partial charge in [-0.25, -0.2) is 9.37 Å². The van der Waals surface area contributed by atoms with Gasteiger partial charge in [-0.2, -0.15) is 0 Å². The highest BCUT2D eigenvalue weighted by Gasteiger charge is 2.50. The number of hydrogen-bond donors (Lipinski definition) is 2. The van der Waals surface area contributed by atoms with Crippen molar-refractivity contribution in [3.8, 4) is 0 Å². The van der Waals surface area contributed by atoms with Crippen LogP contribution in [0.15, 0.2) is 42.7 Å². The van der Waals surface area contributed by atoms with E-state index in [-0.39, 0.29) is 23.4 Å². The lowest BCUT2D eigenvalue weighted by atomic mass is 9.57. The molecule has 3 N–H and O–H groups in total. The van der Waals surface area contributed by atoms with E-state index in [0.29, 0.717) is 11.3 Å². The molecule has 4 nitrogen and oxygen atoms in total. The predicted molar refractivity (Wildman–Crippen MR) is 110 cm³/mol. The van der Waals surface area contributed by atoms with Crippen LogP contribution in [0.5, 0.6) is 0 Å². The molecule has 0 amide bonds. The second-order valence-corrected chi connectivity index (χ2v) is 8.52. The molecular formula is C23H26FN3O. The van der Waals surface area contributed by atoms with E-state index in [0.717, 1.165) is 29.4 Å². The second kappa shape index (κ2) is 6.73. The number of pyridine rings is 1. The summed E-state index contributed by atoms with van der Waals surface area (Å²) in [4.78, 5) is 21.2. The Morgan fingerprint density at radius 1 is 1.32 bits per heavy atom. The van der Waals surface area contributed by atoms with Crippen molar-refractivity contribution in [1.82, 2.24) is 9.97 Å². The highest BCUT2D eigenvalue weighted by molar-refractivity contribution is 5.93. The van der Waals surface area contributed by atoms with Gasteiger partial charge in [-0.05, 0) is 54.7 Å². The molecule has 4 rings (SSSR count).